The van der Waals surface area contributed by atoms with Crippen LogP contribution in [0.15, 0.2) is 108 Å². The first kappa shape index (κ1) is 17.3. The Morgan fingerprint density at radius 3 is 1.93 bits per heavy atom. The van der Waals surface area contributed by atoms with Crippen LogP contribution in [0.1, 0.15) is 17.0 Å². The maximum Gasteiger partial charge on any atom is 0.323 e. The minimum absolute atomic E-state index is 0.311. The zero-order valence-electron chi connectivity index (χ0n) is 15.6. The van der Waals surface area contributed by atoms with Crippen molar-refractivity contribution in [3.63, 3.8) is 0 Å². The summed E-state index contributed by atoms with van der Waals surface area (Å²) in [5.41, 5.74) is 3.39. The molecule has 0 radical (unpaired) electrons. The van der Waals surface area contributed by atoms with Crippen molar-refractivity contribution in [2.24, 2.45) is 0 Å². The van der Waals surface area contributed by atoms with E-state index in [0.717, 1.165) is 33.1 Å². The van der Waals surface area contributed by atoms with Gasteiger partial charge in [0.25, 0.3) is 0 Å². The fraction of sp³-hybridized carbons (Fsp3) is 0.0385. The molecule has 29 heavy (non-hydrogen) atoms. The molecule has 0 spiro atoms. The summed E-state index contributed by atoms with van der Waals surface area (Å²) in [6, 6.07) is 32.7. The minimum atomic E-state index is -0.491. The van der Waals surface area contributed by atoms with Gasteiger partial charge in [-0.2, -0.15) is 0 Å². The van der Waals surface area contributed by atoms with E-state index in [2.05, 4.69) is 0 Å². The number of ether oxygens (including phenoxy) is 1. The van der Waals surface area contributed by atoms with Gasteiger partial charge in [0.15, 0.2) is 0 Å². The van der Waals surface area contributed by atoms with Crippen molar-refractivity contribution < 1.29 is 13.9 Å². The van der Waals surface area contributed by atoms with Crippen molar-refractivity contribution in [2.75, 3.05) is 0 Å². The van der Waals surface area contributed by atoms with Crippen LogP contribution in [0.4, 0.5) is 0 Å². The molecule has 140 valence electrons. The van der Waals surface area contributed by atoms with Crippen LogP contribution in [0.3, 0.4) is 0 Å². The molecule has 3 nitrogen and oxygen atoms in total. The van der Waals surface area contributed by atoms with E-state index in [1.165, 1.54) is 0 Å². The van der Waals surface area contributed by atoms with Gasteiger partial charge in [0.2, 0.25) is 0 Å². The van der Waals surface area contributed by atoms with Gasteiger partial charge in [-0.25, -0.2) is 0 Å². The quantitative estimate of drug-likeness (QED) is 0.271. The van der Waals surface area contributed by atoms with Crippen LogP contribution in [0.5, 0.6) is 5.75 Å². The molecule has 1 aromatic heterocycles. The third-order valence-corrected chi connectivity index (χ3v) is 5.07. The molecule has 0 aliphatic heterocycles. The zero-order valence-corrected chi connectivity index (χ0v) is 15.6. The molecule has 0 unspecified atom stereocenters. The molecule has 0 aliphatic rings. The molecule has 0 amide bonds. The second-order valence-corrected chi connectivity index (χ2v) is 6.93. The lowest BCUT2D eigenvalue weighted by Crippen LogP contribution is -2.20. The van der Waals surface area contributed by atoms with Crippen LogP contribution >= 0.6 is 0 Å². The van der Waals surface area contributed by atoms with Gasteiger partial charge in [-0.05, 0) is 35.4 Å². The van der Waals surface area contributed by atoms with Crippen molar-refractivity contribution >= 4 is 27.9 Å². The van der Waals surface area contributed by atoms with Gasteiger partial charge in [-0.15, -0.1) is 0 Å². The molecule has 0 saturated carbocycles. The zero-order chi connectivity index (χ0) is 19.6. The van der Waals surface area contributed by atoms with Gasteiger partial charge in [-0.1, -0.05) is 78.9 Å². The topological polar surface area (TPSA) is 39.4 Å². The average Bonchev–Trinajstić information content (AvgIpc) is 3.13. The Hall–Kier alpha value is -3.85. The Morgan fingerprint density at radius 2 is 1.24 bits per heavy atom. The van der Waals surface area contributed by atoms with Crippen LogP contribution in [0.2, 0.25) is 0 Å². The van der Waals surface area contributed by atoms with Crippen LogP contribution in [0, 0.1) is 0 Å². The number of fused-ring (bicyclic) bond motifs is 3. The van der Waals surface area contributed by atoms with Gasteiger partial charge >= 0.3 is 5.97 Å². The number of furan rings is 1. The number of carbonyl (C=O) groups is 1. The molecule has 0 N–H and O–H groups in total. The molecular formula is C26H18O3. The van der Waals surface area contributed by atoms with E-state index in [1.807, 2.05) is 97.1 Å². The highest BCUT2D eigenvalue weighted by Gasteiger charge is 2.25. The van der Waals surface area contributed by atoms with Crippen molar-refractivity contribution in [1.29, 1.82) is 0 Å². The average molecular weight is 378 g/mol. The van der Waals surface area contributed by atoms with Crippen LogP contribution in [-0.2, 0) is 4.79 Å². The Kier molecular flexibility index (Phi) is 4.34. The number of benzene rings is 4. The van der Waals surface area contributed by atoms with E-state index in [4.69, 9.17) is 9.15 Å². The molecular weight excluding hydrogens is 360 g/mol. The lowest BCUT2D eigenvalue weighted by molar-refractivity contribution is -0.135. The highest BCUT2D eigenvalue weighted by atomic mass is 16.5. The third kappa shape index (κ3) is 3.27. The van der Waals surface area contributed by atoms with Gasteiger partial charge in [-0.3, -0.25) is 4.79 Å². The molecule has 1 heterocycles. The normalized spacial score (nSPS) is 11.2. The number of para-hydroxylation sites is 1. The highest BCUT2D eigenvalue weighted by molar-refractivity contribution is 6.05. The lowest BCUT2D eigenvalue weighted by atomic mass is 9.91. The summed E-state index contributed by atoms with van der Waals surface area (Å²) in [5, 5.41) is 1.94. The van der Waals surface area contributed by atoms with Gasteiger partial charge in [0, 0.05) is 10.8 Å². The summed E-state index contributed by atoms with van der Waals surface area (Å²) in [5.74, 6) is -0.297. The first-order chi connectivity index (χ1) is 14.3. The standard InChI is InChI=1S/C26H18O3/c27-26(25(18-9-3-1-4-10-18)19-11-5-2-6-12-19)28-20-15-16-24-22(17-20)21-13-7-8-14-23(21)29-24/h1-17,25H. The molecule has 5 aromatic rings. The maximum absolute atomic E-state index is 13.2. The fourth-order valence-electron chi connectivity index (χ4n) is 3.70. The molecule has 0 fully saturated rings. The third-order valence-electron chi connectivity index (χ3n) is 5.07. The van der Waals surface area contributed by atoms with Crippen molar-refractivity contribution in [3.8, 4) is 5.75 Å². The van der Waals surface area contributed by atoms with Crippen molar-refractivity contribution in [2.45, 2.75) is 5.92 Å². The Balaban J connectivity index is 1.52. The molecule has 0 aliphatic carbocycles. The van der Waals surface area contributed by atoms with E-state index >= 15 is 0 Å². The molecule has 3 heteroatoms. The summed E-state index contributed by atoms with van der Waals surface area (Å²) in [6.07, 6.45) is 0. The van der Waals surface area contributed by atoms with E-state index in [-0.39, 0.29) is 5.97 Å². The van der Waals surface area contributed by atoms with Gasteiger partial charge < -0.3 is 9.15 Å². The summed E-state index contributed by atoms with van der Waals surface area (Å²) in [7, 11) is 0. The summed E-state index contributed by atoms with van der Waals surface area (Å²) in [6.45, 7) is 0. The van der Waals surface area contributed by atoms with Crippen LogP contribution < -0.4 is 4.74 Å². The predicted octanol–water partition coefficient (Wildman–Crippen LogP) is 6.32. The van der Waals surface area contributed by atoms with E-state index in [1.54, 1.807) is 6.07 Å². The van der Waals surface area contributed by atoms with E-state index < -0.39 is 5.92 Å². The first-order valence-electron chi connectivity index (χ1n) is 9.52. The number of esters is 1. The molecule has 4 aromatic carbocycles. The van der Waals surface area contributed by atoms with E-state index in [0.29, 0.717) is 5.75 Å². The van der Waals surface area contributed by atoms with Gasteiger partial charge in [0.05, 0.1) is 0 Å². The molecule has 0 bridgehead atoms. The summed E-state index contributed by atoms with van der Waals surface area (Å²) >= 11 is 0. The smallest absolute Gasteiger partial charge is 0.323 e. The SMILES string of the molecule is O=C(Oc1ccc2oc3ccccc3c2c1)C(c1ccccc1)c1ccccc1. The number of hydrogen-bond acceptors (Lipinski definition) is 3. The monoisotopic (exact) mass is 378 g/mol. The van der Waals surface area contributed by atoms with Crippen molar-refractivity contribution in [1.82, 2.24) is 0 Å². The molecule has 0 atom stereocenters. The second-order valence-electron chi connectivity index (χ2n) is 6.93. The predicted molar refractivity (Wildman–Crippen MR) is 114 cm³/mol. The maximum atomic E-state index is 13.2. The first-order valence-corrected chi connectivity index (χ1v) is 9.52. The minimum Gasteiger partial charge on any atom is -0.456 e. The molecule has 0 saturated heterocycles. The Morgan fingerprint density at radius 1 is 0.655 bits per heavy atom. The number of carbonyl (C=O) groups excluding carboxylic acids is 1. The fourth-order valence-corrected chi connectivity index (χ4v) is 3.70. The number of hydrogen-bond donors (Lipinski definition) is 0. The van der Waals surface area contributed by atoms with Crippen LogP contribution in [0.25, 0.3) is 21.9 Å². The molecule has 5 rings (SSSR count). The highest BCUT2D eigenvalue weighted by Crippen LogP contribution is 2.32. The van der Waals surface area contributed by atoms with Crippen molar-refractivity contribution in [3.05, 3.63) is 114 Å². The van der Waals surface area contributed by atoms with Crippen LogP contribution in [-0.4, -0.2) is 5.97 Å². The Labute approximate surface area is 168 Å². The lowest BCUT2D eigenvalue weighted by Gasteiger charge is -2.17. The summed E-state index contributed by atoms with van der Waals surface area (Å²) < 4.78 is 11.7. The Bertz CT molecular complexity index is 1250. The van der Waals surface area contributed by atoms with Gasteiger partial charge in [0.1, 0.15) is 22.8 Å². The second kappa shape index (κ2) is 7.28. The number of rotatable bonds is 4. The summed E-state index contributed by atoms with van der Waals surface area (Å²) in [4.78, 5) is 13.2. The largest absolute Gasteiger partial charge is 0.456 e. The van der Waals surface area contributed by atoms with E-state index in [9.17, 15) is 4.79 Å².